The third kappa shape index (κ3) is 5.19. The molecule has 12 nitrogen and oxygen atoms in total. The number of hydrogen-bond acceptors (Lipinski definition) is 9. The van der Waals surface area contributed by atoms with Crippen molar-refractivity contribution in [2.45, 2.75) is 18.3 Å². The largest absolute Gasteiger partial charge is 0.488 e. The summed E-state index contributed by atoms with van der Waals surface area (Å²) in [5.74, 6) is -1.14. The van der Waals surface area contributed by atoms with Crippen LogP contribution >= 0.6 is 46.6 Å². The van der Waals surface area contributed by atoms with Crippen LogP contribution < -0.4 is 14.5 Å². The van der Waals surface area contributed by atoms with E-state index in [1.807, 2.05) is 0 Å². The van der Waals surface area contributed by atoms with Crippen molar-refractivity contribution in [2.75, 3.05) is 23.9 Å². The molecule has 3 aromatic rings. The van der Waals surface area contributed by atoms with Gasteiger partial charge in [0, 0.05) is 35.3 Å². The second kappa shape index (κ2) is 10.7. The van der Waals surface area contributed by atoms with Crippen molar-refractivity contribution >= 4 is 64.3 Å². The number of ether oxygens (including phenoxy) is 2. The molecule has 0 radical (unpaired) electrons. The molecule has 0 spiro atoms. The van der Waals surface area contributed by atoms with Crippen LogP contribution in [-0.2, 0) is 14.4 Å². The molecule has 2 aliphatic heterocycles. The van der Waals surface area contributed by atoms with Gasteiger partial charge in [0.05, 0.1) is 5.02 Å². The molecule has 3 heterocycles. The smallest absolute Gasteiger partial charge is 0.315 e. The first kappa shape index (κ1) is 27.3. The molecule has 5 rings (SSSR count). The van der Waals surface area contributed by atoms with E-state index in [9.17, 15) is 19.5 Å². The fourth-order valence-corrected chi connectivity index (χ4v) is 6.44. The van der Waals surface area contributed by atoms with Gasteiger partial charge in [0.15, 0.2) is 23.9 Å². The van der Waals surface area contributed by atoms with Crippen LogP contribution in [0.25, 0.3) is 0 Å². The number of β-lactam (4-membered cyclic amide) rings is 1. The third-order valence-corrected chi connectivity index (χ3v) is 8.58. The van der Waals surface area contributed by atoms with Crippen molar-refractivity contribution in [2.24, 2.45) is 5.41 Å². The summed E-state index contributed by atoms with van der Waals surface area (Å²) in [6.07, 6.45) is 1.21. The van der Waals surface area contributed by atoms with Crippen LogP contribution in [0.4, 0.5) is 0 Å². The molecule has 2 saturated heterocycles. The quantitative estimate of drug-likeness (QED) is 0.376. The molecule has 2 fully saturated rings. The van der Waals surface area contributed by atoms with Crippen LogP contribution in [0.2, 0.25) is 15.1 Å². The van der Waals surface area contributed by atoms with E-state index < -0.39 is 34.6 Å². The summed E-state index contributed by atoms with van der Waals surface area (Å²) < 4.78 is 11.9. The minimum atomic E-state index is -1.45. The molecule has 0 saturated carbocycles. The second-order valence-corrected chi connectivity index (χ2v) is 11.2. The SMILES string of the molecule is CC(=O)N(C1C(=O)N2CC(COc3cc(Cl)ccc3Oc3ccc(Cl)cc3Cl)(C(=O)O)CS[C@H]12)n1cnnn1. The van der Waals surface area contributed by atoms with Crippen molar-refractivity contribution in [3.05, 3.63) is 57.8 Å². The molecule has 2 aliphatic rings. The van der Waals surface area contributed by atoms with E-state index in [-0.39, 0.29) is 35.4 Å². The maximum Gasteiger partial charge on any atom is 0.315 e. The van der Waals surface area contributed by atoms with Crippen molar-refractivity contribution in [3.63, 3.8) is 0 Å². The van der Waals surface area contributed by atoms with E-state index in [0.717, 1.165) is 9.80 Å². The fraction of sp³-hybridized carbons (Fsp3) is 0.304. The van der Waals surface area contributed by atoms with E-state index in [0.29, 0.717) is 15.8 Å². The van der Waals surface area contributed by atoms with Crippen LogP contribution in [-0.4, -0.2) is 78.4 Å². The van der Waals surface area contributed by atoms with Gasteiger partial charge in [-0.25, -0.2) is 5.01 Å². The Labute approximate surface area is 240 Å². The minimum absolute atomic E-state index is 0.106. The highest BCUT2D eigenvalue weighted by molar-refractivity contribution is 8.00. The Kier molecular flexibility index (Phi) is 7.51. The number of halogens is 3. The number of carboxylic acid groups (broad SMARTS) is 1. The Hall–Kier alpha value is -3.26. The summed E-state index contributed by atoms with van der Waals surface area (Å²) in [6.45, 7) is 0.879. The van der Waals surface area contributed by atoms with Gasteiger partial charge in [-0.15, -0.1) is 21.7 Å². The summed E-state index contributed by atoms with van der Waals surface area (Å²) in [7, 11) is 0. The topological polar surface area (TPSA) is 140 Å². The van der Waals surface area contributed by atoms with Gasteiger partial charge in [-0.1, -0.05) is 34.8 Å². The van der Waals surface area contributed by atoms with E-state index in [1.54, 1.807) is 24.3 Å². The zero-order valence-electron chi connectivity index (χ0n) is 20.0. The van der Waals surface area contributed by atoms with Crippen molar-refractivity contribution in [3.8, 4) is 17.2 Å². The van der Waals surface area contributed by atoms with Gasteiger partial charge in [0.2, 0.25) is 5.91 Å². The number of aromatic nitrogens is 4. The zero-order chi connectivity index (χ0) is 27.9. The van der Waals surface area contributed by atoms with E-state index >= 15 is 0 Å². The molecule has 2 aromatic carbocycles. The number of aliphatic carboxylic acids is 1. The Morgan fingerprint density at radius 3 is 2.51 bits per heavy atom. The first-order chi connectivity index (χ1) is 18.6. The Morgan fingerprint density at radius 1 is 1.15 bits per heavy atom. The molecular weight excluding hydrogens is 595 g/mol. The molecule has 1 N–H and O–H groups in total. The summed E-state index contributed by atoms with van der Waals surface area (Å²) in [6, 6.07) is 8.50. The maximum absolute atomic E-state index is 13.1. The highest BCUT2D eigenvalue weighted by Crippen LogP contribution is 2.45. The number of benzene rings is 2. The van der Waals surface area contributed by atoms with Crippen molar-refractivity contribution in [1.82, 2.24) is 25.2 Å². The molecular formula is C23H19Cl3N6O6S. The van der Waals surface area contributed by atoms with Gasteiger partial charge in [-0.2, -0.15) is 0 Å². The fourth-order valence-electron chi connectivity index (χ4n) is 4.27. The van der Waals surface area contributed by atoms with Gasteiger partial charge < -0.3 is 19.5 Å². The number of rotatable bonds is 8. The number of fused-ring (bicyclic) bond motifs is 1. The average Bonchev–Trinajstić information content (AvgIpc) is 3.42. The number of thioether (sulfide) groups is 1. The average molecular weight is 614 g/mol. The third-order valence-electron chi connectivity index (χ3n) is 6.24. The number of hydrogen-bond donors (Lipinski definition) is 1. The monoisotopic (exact) mass is 612 g/mol. The predicted molar refractivity (Wildman–Crippen MR) is 142 cm³/mol. The zero-order valence-corrected chi connectivity index (χ0v) is 23.1. The van der Waals surface area contributed by atoms with Crippen LogP contribution in [0.3, 0.4) is 0 Å². The summed E-state index contributed by atoms with van der Waals surface area (Å²) >= 11 is 19.6. The summed E-state index contributed by atoms with van der Waals surface area (Å²) in [5.41, 5.74) is -1.45. The van der Waals surface area contributed by atoms with Gasteiger partial charge in [0.25, 0.3) is 5.91 Å². The van der Waals surface area contributed by atoms with Crippen LogP contribution in [0.1, 0.15) is 6.92 Å². The molecule has 16 heteroatoms. The predicted octanol–water partition coefficient (Wildman–Crippen LogP) is 3.34. The Morgan fingerprint density at radius 2 is 1.87 bits per heavy atom. The summed E-state index contributed by atoms with van der Waals surface area (Å²) in [5, 5.41) is 22.7. The number of carbonyl (C=O) groups excluding carboxylic acids is 2. The normalized spacial score (nSPS) is 22.1. The van der Waals surface area contributed by atoms with Gasteiger partial charge in [-0.3, -0.25) is 14.4 Å². The standard InChI is InChI=1S/C23H19Cl3N6O6S/c1-12(33)32(31-11-27-28-29-31)19-20(34)30-8-23(22(35)36,10-39-21(19)30)9-37-18-7-14(25)3-5-17(18)38-16-4-2-13(24)6-15(16)26/h2-7,11,19,21H,8-10H2,1H3,(H,35,36)/t19?,21-,23?/m1/s1. The van der Waals surface area contributed by atoms with Crippen molar-refractivity contribution < 1.29 is 29.0 Å². The van der Waals surface area contributed by atoms with E-state index in [2.05, 4.69) is 15.5 Å². The molecule has 3 atom stereocenters. The Balaban J connectivity index is 1.34. The lowest BCUT2D eigenvalue weighted by Crippen LogP contribution is -2.76. The Bertz CT molecular complexity index is 1450. The van der Waals surface area contributed by atoms with Crippen LogP contribution in [0, 0.1) is 5.41 Å². The molecule has 1 aromatic heterocycles. The second-order valence-electron chi connectivity index (χ2n) is 8.85. The molecule has 204 valence electrons. The number of carboxylic acids is 1. The summed E-state index contributed by atoms with van der Waals surface area (Å²) in [4.78, 5) is 40.4. The van der Waals surface area contributed by atoms with E-state index in [1.165, 1.54) is 42.0 Å². The van der Waals surface area contributed by atoms with Crippen molar-refractivity contribution in [1.29, 1.82) is 0 Å². The highest BCUT2D eigenvalue weighted by atomic mass is 35.5. The molecule has 2 amide bonds. The number of nitrogens with zero attached hydrogens (tertiary/aromatic N) is 6. The molecule has 0 bridgehead atoms. The molecule has 39 heavy (non-hydrogen) atoms. The highest BCUT2D eigenvalue weighted by Gasteiger charge is 2.60. The van der Waals surface area contributed by atoms with Gasteiger partial charge in [-0.05, 0) is 40.8 Å². The molecule has 2 unspecified atom stereocenters. The lowest BCUT2D eigenvalue weighted by molar-refractivity contribution is -0.160. The minimum Gasteiger partial charge on any atom is -0.488 e. The van der Waals surface area contributed by atoms with Gasteiger partial charge >= 0.3 is 5.97 Å². The lowest BCUT2D eigenvalue weighted by Gasteiger charge is -2.55. The number of carbonyl (C=O) groups is 3. The van der Waals surface area contributed by atoms with Crippen LogP contribution in [0.5, 0.6) is 17.2 Å². The van der Waals surface area contributed by atoms with Crippen LogP contribution in [0.15, 0.2) is 42.7 Å². The number of amides is 2. The molecule has 0 aliphatic carbocycles. The first-order valence-electron chi connectivity index (χ1n) is 11.3. The van der Waals surface area contributed by atoms with E-state index in [4.69, 9.17) is 44.3 Å². The first-order valence-corrected chi connectivity index (χ1v) is 13.5. The van der Waals surface area contributed by atoms with Gasteiger partial charge in [0.1, 0.15) is 23.1 Å². The maximum atomic E-state index is 13.1. The lowest BCUT2D eigenvalue weighted by atomic mass is 9.88. The number of tetrazole rings is 1.